The largest absolute Gasteiger partial charge is 0.367 e. The average molecular weight is 276 g/mol. The number of aryl methyl sites for hydroxylation is 2. The van der Waals surface area contributed by atoms with E-state index in [2.05, 4.69) is 33.6 Å². The van der Waals surface area contributed by atoms with E-state index in [1.54, 1.807) is 11.3 Å². The van der Waals surface area contributed by atoms with Crippen molar-refractivity contribution in [1.29, 1.82) is 0 Å². The molecule has 5 heteroatoms. The van der Waals surface area contributed by atoms with Crippen molar-refractivity contribution in [3.8, 4) is 0 Å². The Balaban J connectivity index is 1.94. The second kappa shape index (κ2) is 5.43. The molecule has 1 aliphatic rings. The van der Waals surface area contributed by atoms with Gasteiger partial charge in [-0.1, -0.05) is 6.92 Å². The van der Waals surface area contributed by atoms with Crippen molar-refractivity contribution in [2.75, 3.05) is 18.4 Å². The zero-order chi connectivity index (χ0) is 13.2. The molecule has 0 amide bonds. The quantitative estimate of drug-likeness (QED) is 0.905. The number of nitrogens with zero attached hydrogens (tertiary/aromatic N) is 2. The number of fused-ring (bicyclic) bond motifs is 1. The minimum atomic E-state index is 0.531. The topological polar surface area (TPSA) is 49.8 Å². The molecule has 0 radical (unpaired) electrons. The van der Waals surface area contributed by atoms with Crippen molar-refractivity contribution in [2.24, 2.45) is 0 Å². The number of anilines is 1. The number of hydrogen-bond acceptors (Lipinski definition) is 5. The van der Waals surface area contributed by atoms with E-state index in [0.29, 0.717) is 6.04 Å². The van der Waals surface area contributed by atoms with Gasteiger partial charge in [0.05, 0.1) is 5.39 Å². The summed E-state index contributed by atoms with van der Waals surface area (Å²) in [5, 5.41) is 8.20. The average Bonchev–Trinajstić information content (AvgIpc) is 2.83. The molecule has 0 atom stereocenters. The Labute approximate surface area is 117 Å². The molecule has 3 heterocycles. The van der Waals surface area contributed by atoms with Crippen LogP contribution in [0.4, 0.5) is 5.82 Å². The zero-order valence-corrected chi connectivity index (χ0v) is 12.3. The third-order valence-corrected chi connectivity index (χ3v) is 4.76. The summed E-state index contributed by atoms with van der Waals surface area (Å²) in [5.41, 5.74) is 0. The molecular weight excluding hydrogens is 256 g/mol. The van der Waals surface area contributed by atoms with Crippen LogP contribution in [0.5, 0.6) is 0 Å². The lowest BCUT2D eigenvalue weighted by Crippen LogP contribution is -2.35. The van der Waals surface area contributed by atoms with Gasteiger partial charge in [0.2, 0.25) is 0 Å². The minimum Gasteiger partial charge on any atom is -0.367 e. The molecule has 0 unspecified atom stereocenters. The summed E-state index contributed by atoms with van der Waals surface area (Å²) >= 11 is 1.78. The molecule has 0 spiro atoms. The highest BCUT2D eigenvalue weighted by Gasteiger charge is 2.16. The minimum absolute atomic E-state index is 0.531. The second-order valence-electron chi connectivity index (χ2n) is 5.07. The standard InChI is InChI=1S/C14H20N4S/c1-3-11-8-12-13(16-9(2)17-14(12)19-11)18-10-4-6-15-7-5-10/h8,10,15H,3-7H2,1-2H3,(H,16,17,18). The Kier molecular flexibility index (Phi) is 3.66. The van der Waals surface area contributed by atoms with E-state index in [1.807, 2.05) is 6.92 Å². The van der Waals surface area contributed by atoms with E-state index in [1.165, 1.54) is 10.3 Å². The number of rotatable bonds is 3. The summed E-state index contributed by atoms with van der Waals surface area (Å²) in [6.07, 6.45) is 3.39. The summed E-state index contributed by atoms with van der Waals surface area (Å²) in [6.45, 7) is 6.34. The van der Waals surface area contributed by atoms with Crippen LogP contribution in [-0.2, 0) is 6.42 Å². The van der Waals surface area contributed by atoms with Crippen LogP contribution in [0.2, 0.25) is 0 Å². The van der Waals surface area contributed by atoms with Crippen molar-refractivity contribution < 1.29 is 0 Å². The molecule has 19 heavy (non-hydrogen) atoms. The molecule has 4 nitrogen and oxygen atoms in total. The fourth-order valence-electron chi connectivity index (χ4n) is 2.52. The van der Waals surface area contributed by atoms with E-state index in [0.717, 1.165) is 48.8 Å². The van der Waals surface area contributed by atoms with Crippen LogP contribution in [-0.4, -0.2) is 29.1 Å². The highest BCUT2D eigenvalue weighted by Crippen LogP contribution is 2.30. The van der Waals surface area contributed by atoms with Crippen LogP contribution in [0, 0.1) is 6.92 Å². The number of thiophene rings is 1. The van der Waals surface area contributed by atoms with Gasteiger partial charge in [-0.15, -0.1) is 11.3 Å². The highest BCUT2D eigenvalue weighted by molar-refractivity contribution is 7.18. The third-order valence-electron chi connectivity index (χ3n) is 3.58. The first-order valence-corrected chi connectivity index (χ1v) is 7.82. The lowest BCUT2D eigenvalue weighted by Gasteiger charge is -2.24. The molecule has 0 aromatic carbocycles. The summed E-state index contributed by atoms with van der Waals surface area (Å²) in [5.74, 6) is 1.87. The first-order valence-electron chi connectivity index (χ1n) is 7.00. The van der Waals surface area contributed by atoms with Gasteiger partial charge in [0.1, 0.15) is 16.5 Å². The maximum Gasteiger partial charge on any atom is 0.138 e. The van der Waals surface area contributed by atoms with Crippen LogP contribution in [0.25, 0.3) is 10.2 Å². The van der Waals surface area contributed by atoms with Crippen molar-refractivity contribution >= 4 is 27.4 Å². The fraction of sp³-hybridized carbons (Fsp3) is 0.571. The van der Waals surface area contributed by atoms with Gasteiger partial charge in [0, 0.05) is 10.9 Å². The van der Waals surface area contributed by atoms with Crippen molar-refractivity contribution in [3.05, 3.63) is 16.8 Å². The van der Waals surface area contributed by atoms with Crippen molar-refractivity contribution in [2.45, 2.75) is 39.2 Å². The predicted molar refractivity (Wildman–Crippen MR) is 81.0 cm³/mol. The molecule has 2 N–H and O–H groups in total. The fourth-order valence-corrected chi connectivity index (χ4v) is 3.53. The molecule has 0 saturated carbocycles. The summed E-state index contributed by atoms with van der Waals surface area (Å²) in [7, 11) is 0. The Hall–Kier alpha value is -1.20. The van der Waals surface area contributed by atoms with Gasteiger partial charge < -0.3 is 10.6 Å². The Bertz CT molecular complexity index is 572. The summed E-state index contributed by atoms with van der Waals surface area (Å²) in [6, 6.07) is 2.77. The van der Waals surface area contributed by atoms with Gasteiger partial charge in [-0.25, -0.2) is 9.97 Å². The van der Waals surface area contributed by atoms with Crippen LogP contribution >= 0.6 is 11.3 Å². The van der Waals surface area contributed by atoms with E-state index >= 15 is 0 Å². The number of aromatic nitrogens is 2. The van der Waals surface area contributed by atoms with E-state index in [9.17, 15) is 0 Å². The molecule has 2 aromatic rings. The summed E-state index contributed by atoms with van der Waals surface area (Å²) in [4.78, 5) is 11.7. The first kappa shape index (κ1) is 12.8. The molecule has 1 fully saturated rings. The highest BCUT2D eigenvalue weighted by atomic mass is 32.1. The normalized spacial score (nSPS) is 16.9. The zero-order valence-electron chi connectivity index (χ0n) is 11.5. The monoisotopic (exact) mass is 276 g/mol. The van der Waals surface area contributed by atoms with Gasteiger partial charge in [0.15, 0.2) is 0 Å². The van der Waals surface area contributed by atoms with Gasteiger partial charge >= 0.3 is 0 Å². The Morgan fingerprint density at radius 3 is 2.89 bits per heavy atom. The van der Waals surface area contributed by atoms with E-state index < -0.39 is 0 Å². The molecule has 102 valence electrons. The third kappa shape index (κ3) is 2.72. The molecule has 1 aliphatic heterocycles. The Morgan fingerprint density at radius 2 is 2.16 bits per heavy atom. The molecule has 1 saturated heterocycles. The van der Waals surface area contributed by atoms with Gasteiger partial charge in [-0.2, -0.15) is 0 Å². The first-order chi connectivity index (χ1) is 9.26. The van der Waals surface area contributed by atoms with E-state index in [-0.39, 0.29) is 0 Å². The molecule has 2 aromatic heterocycles. The number of hydrogen-bond donors (Lipinski definition) is 2. The number of nitrogens with one attached hydrogen (secondary N) is 2. The Morgan fingerprint density at radius 1 is 1.37 bits per heavy atom. The van der Waals surface area contributed by atoms with Crippen LogP contribution in [0.1, 0.15) is 30.5 Å². The smallest absolute Gasteiger partial charge is 0.138 e. The van der Waals surface area contributed by atoms with Crippen molar-refractivity contribution in [3.63, 3.8) is 0 Å². The maximum absolute atomic E-state index is 4.61. The van der Waals surface area contributed by atoms with Gasteiger partial charge in [-0.3, -0.25) is 0 Å². The lowest BCUT2D eigenvalue weighted by molar-refractivity contribution is 0.478. The molecule has 0 aliphatic carbocycles. The van der Waals surface area contributed by atoms with Crippen LogP contribution in [0.3, 0.4) is 0 Å². The van der Waals surface area contributed by atoms with Crippen LogP contribution in [0.15, 0.2) is 6.07 Å². The summed E-state index contributed by atoms with van der Waals surface area (Å²) < 4.78 is 0. The maximum atomic E-state index is 4.61. The van der Waals surface area contributed by atoms with Crippen LogP contribution < -0.4 is 10.6 Å². The SMILES string of the molecule is CCc1cc2c(NC3CCNCC3)nc(C)nc2s1. The van der Waals surface area contributed by atoms with Crippen molar-refractivity contribution in [1.82, 2.24) is 15.3 Å². The van der Waals surface area contributed by atoms with Gasteiger partial charge in [-0.05, 0) is 45.3 Å². The molecule has 0 bridgehead atoms. The molecule has 3 rings (SSSR count). The predicted octanol–water partition coefficient (Wildman–Crippen LogP) is 2.73. The molecular formula is C14H20N4S. The lowest BCUT2D eigenvalue weighted by atomic mass is 10.1. The second-order valence-corrected chi connectivity index (χ2v) is 6.19. The van der Waals surface area contributed by atoms with E-state index in [4.69, 9.17) is 0 Å². The van der Waals surface area contributed by atoms with Gasteiger partial charge in [0.25, 0.3) is 0 Å². The number of piperidine rings is 1.